The molecule has 1 amide bonds. The van der Waals surface area contributed by atoms with Crippen molar-refractivity contribution < 1.29 is 4.79 Å². The third-order valence-corrected chi connectivity index (χ3v) is 3.90. The first-order valence-corrected chi connectivity index (χ1v) is 7.44. The van der Waals surface area contributed by atoms with Crippen molar-refractivity contribution in [3.05, 3.63) is 11.8 Å². The minimum absolute atomic E-state index is 0. The quantitative estimate of drug-likeness (QED) is 0.799. The van der Waals surface area contributed by atoms with Gasteiger partial charge in [-0.2, -0.15) is 5.10 Å². The van der Waals surface area contributed by atoms with Crippen molar-refractivity contribution in [1.29, 1.82) is 0 Å². The average Bonchev–Trinajstić information content (AvgIpc) is 2.95. The molecule has 2 rings (SSSR count). The van der Waals surface area contributed by atoms with E-state index in [-0.39, 0.29) is 29.6 Å². The number of nitrogens with two attached hydrogens (primary N) is 1. The number of hydrogen-bond donors (Lipinski definition) is 3. The smallest absolute Gasteiger partial charge is 0.229 e. The van der Waals surface area contributed by atoms with E-state index in [0.717, 1.165) is 31.4 Å². The number of anilines is 1. The summed E-state index contributed by atoms with van der Waals surface area (Å²) in [6.07, 6.45) is 4.00. The van der Waals surface area contributed by atoms with Crippen molar-refractivity contribution in [2.24, 2.45) is 23.0 Å². The van der Waals surface area contributed by atoms with Crippen LogP contribution in [0.15, 0.2) is 6.07 Å². The number of rotatable bonds is 4. The Morgan fingerprint density at radius 2 is 2.19 bits per heavy atom. The fourth-order valence-corrected chi connectivity index (χ4v) is 2.97. The fourth-order valence-electron chi connectivity index (χ4n) is 2.97. The summed E-state index contributed by atoms with van der Waals surface area (Å²) >= 11 is 0. The van der Waals surface area contributed by atoms with Gasteiger partial charge in [-0.1, -0.05) is 27.2 Å². The van der Waals surface area contributed by atoms with Gasteiger partial charge in [0.25, 0.3) is 0 Å². The van der Waals surface area contributed by atoms with Gasteiger partial charge in [-0.05, 0) is 37.1 Å². The second-order valence-corrected chi connectivity index (χ2v) is 7.04. The summed E-state index contributed by atoms with van der Waals surface area (Å²) in [7, 11) is 0. The predicted octanol–water partition coefficient (Wildman–Crippen LogP) is 2.73. The van der Waals surface area contributed by atoms with E-state index in [4.69, 9.17) is 5.73 Å². The van der Waals surface area contributed by atoms with E-state index in [2.05, 4.69) is 36.3 Å². The second-order valence-electron chi connectivity index (χ2n) is 7.04. The van der Waals surface area contributed by atoms with Gasteiger partial charge in [0.15, 0.2) is 5.82 Å². The number of carbonyl (C=O) groups excluding carboxylic acids is 1. The lowest BCUT2D eigenvalue weighted by atomic mass is 9.91. The number of aromatic nitrogens is 2. The minimum atomic E-state index is 0. The van der Waals surface area contributed by atoms with Crippen LogP contribution in [-0.2, 0) is 11.2 Å². The van der Waals surface area contributed by atoms with E-state index in [1.807, 2.05) is 6.07 Å². The Bertz CT molecular complexity index is 466. The zero-order valence-corrected chi connectivity index (χ0v) is 13.9. The molecule has 2 atom stereocenters. The molecule has 1 aliphatic rings. The number of nitrogens with zero attached hydrogens (tertiary/aromatic N) is 1. The average molecular weight is 315 g/mol. The van der Waals surface area contributed by atoms with Crippen LogP contribution >= 0.6 is 12.4 Å². The fraction of sp³-hybridized carbons (Fsp3) is 0.733. The Kier molecular flexibility index (Phi) is 6.23. The zero-order chi connectivity index (χ0) is 14.8. The maximum absolute atomic E-state index is 12.3. The van der Waals surface area contributed by atoms with Gasteiger partial charge in [0.05, 0.1) is 0 Å². The van der Waals surface area contributed by atoms with E-state index >= 15 is 0 Å². The highest BCUT2D eigenvalue weighted by atomic mass is 35.5. The van der Waals surface area contributed by atoms with Crippen molar-refractivity contribution in [2.75, 3.05) is 11.9 Å². The molecule has 0 radical (unpaired) electrons. The molecule has 0 aliphatic heterocycles. The van der Waals surface area contributed by atoms with Crippen LogP contribution < -0.4 is 11.1 Å². The first-order chi connectivity index (χ1) is 9.39. The van der Waals surface area contributed by atoms with Gasteiger partial charge in [-0.15, -0.1) is 12.4 Å². The third kappa shape index (κ3) is 5.00. The molecule has 0 spiro atoms. The van der Waals surface area contributed by atoms with Gasteiger partial charge in [-0.25, -0.2) is 0 Å². The van der Waals surface area contributed by atoms with Gasteiger partial charge in [0, 0.05) is 17.7 Å². The van der Waals surface area contributed by atoms with Gasteiger partial charge >= 0.3 is 0 Å². The maximum atomic E-state index is 12.3. The van der Waals surface area contributed by atoms with E-state index in [0.29, 0.717) is 18.3 Å². The van der Waals surface area contributed by atoms with E-state index in [9.17, 15) is 4.79 Å². The Balaban J connectivity index is 0.00000220. The van der Waals surface area contributed by atoms with Crippen LogP contribution in [0.5, 0.6) is 0 Å². The van der Waals surface area contributed by atoms with E-state index in [1.54, 1.807) is 0 Å². The third-order valence-electron chi connectivity index (χ3n) is 3.90. The van der Waals surface area contributed by atoms with Crippen molar-refractivity contribution >= 4 is 24.1 Å². The van der Waals surface area contributed by atoms with Gasteiger partial charge < -0.3 is 11.1 Å². The van der Waals surface area contributed by atoms with Crippen LogP contribution in [-0.4, -0.2) is 22.6 Å². The number of hydrogen-bond acceptors (Lipinski definition) is 3. The highest BCUT2D eigenvalue weighted by molar-refractivity contribution is 5.92. The summed E-state index contributed by atoms with van der Waals surface area (Å²) in [6, 6.07) is 1.93. The number of carbonyl (C=O) groups is 1. The lowest BCUT2D eigenvalue weighted by molar-refractivity contribution is -0.120. The van der Waals surface area contributed by atoms with Crippen LogP contribution in [0.2, 0.25) is 0 Å². The lowest BCUT2D eigenvalue weighted by Gasteiger charge is -2.16. The summed E-state index contributed by atoms with van der Waals surface area (Å²) < 4.78 is 0. The predicted molar refractivity (Wildman–Crippen MR) is 87.5 cm³/mol. The van der Waals surface area contributed by atoms with Crippen molar-refractivity contribution in [3.63, 3.8) is 0 Å². The Labute approximate surface area is 132 Å². The van der Waals surface area contributed by atoms with Crippen molar-refractivity contribution in [1.82, 2.24) is 10.2 Å². The summed E-state index contributed by atoms with van der Waals surface area (Å²) in [4.78, 5) is 12.3. The van der Waals surface area contributed by atoms with Crippen LogP contribution in [0, 0.1) is 17.3 Å². The zero-order valence-electron chi connectivity index (χ0n) is 13.1. The van der Waals surface area contributed by atoms with Crippen LogP contribution in [0.25, 0.3) is 0 Å². The van der Waals surface area contributed by atoms with Crippen LogP contribution in [0.1, 0.15) is 45.7 Å². The molecule has 0 bridgehead atoms. The number of halogens is 1. The molecular weight excluding hydrogens is 288 g/mol. The van der Waals surface area contributed by atoms with Gasteiger partial charge in [0.1, 0.15) is 0 Å². The first kappa shape index (κ1) is 18.0. The highest BCUT2D eigenvalue weighted by Crippen LogP contribution is 2.31. The standard InChI is InChI=1S/C15H26N4O.ClH/c1-15(2,3)8-11-7-13(19-18-11)17-14(20)12-6-4-5-10(12)9-16;/h7,10,12H,4-6,8-9,16H2,1-3H3,(H2,17,18,19,20);1H/t10-,12-;/m1./s1. The Morgan fingerprint density at radius 1 is 1.48 bits per heavy atom. The molecule has 0 saturated heterocycles. The van der Waals surface area contributed by atoms with Crippen LogP contribution in [0.4, 0.5) is 5.82 Å². The SMILES string of the molecule is CC(C)(C)Cc1cc(NC(=O)[C@@H]2CCC[C@@H]2CN)n[nH]1.Cl. The molecule has 6 heteroatoms. The molecule has 1 aliphatic carbocycles. The lowest BCUT2D eigenvalue weighted by Crippen LogP contribution is -2.29. The second kappa shape index (κ2) is 7.27. The monoisotopic (exact) mass is 314 g/mol. The van der Waals surface area contributed by atoms with E-state index in [1.165, 1.54) is 0 Å². The first-order valence-electron chi connectivity index (χ1n) is 7.44. The molecule has 1 aromatic heterocycles. The van der Waals surface area contributed by atoms with Gasteiger partial charge in [0.2, 0.25) is 5.91 Å². The molecule has 1 fully saturated rings. The summed E-state index contributed by atoms with van der Waals surface area (Å²) in [6.45, 7) is 7.12. The Morgan fingerprint density at radius 3 is 2.81 bits per heavy atom. The summed E-state index contributed by atoms with van der Waals surface area (Å²) in [5.41, 5.74) is 6.98. The van der Waals surface area contributed by atoms with Crippen molar-refractivity contribution in [2.45, 2.75) is 46.5 Å². The molecule has 0 aromatic carbocycles. The summed E-state index contributed by atoms with van der Waals surface area (Å²) in [5.74, 6) is 1.05. The largest absolute Gasteiger partial charge is 0.330 e. The van der Waals surface area contributed by atoms with Crippen LogP contribution in [0.3, 0.4) is 0 Å². The molecule has 21 heavy (non-hydrogen) atoms. The molecule has 4 N–H and O–H groups in total. The number of amides is 1. The molecule has 120 valence electrons. The maximum Gasteiger partial charge on any atom is 0.229 e. The molecular formula is C15H27ClN4O. The number of aromatic amines is 1. The number of nitrogens with one attached hydrogen (secondary N) is 2. The summed E-state index contributed by atoms with van der Waals surface area (Å²) in [5, 5.41) is 10.1. The van der Waals surface area contributed by atoms with E-state index < -0.39 is 0 Å². The highest BCUT2D eigenvalue weighted by Gasteiger charge is 2.32. The topological polar surface area (TPSA) is 83.8 Å². The Hall–Kier alpha value is -1.07. The minimum Gasteiger partial charge on any atom is -0.330 e. The normalized spacial score (nSPS) is 21.9. The molecule has 1 heterocycles. The molecule has 5 nitrogen and oxygen atoms in total. The molecule has 1 aromatic rings. The van der Waals surface area contributed by atoms with Gasteiger partial charge in [-0.3, -0.25) is 9.89 Å². The molecule has 1 saturated carbocycles. The van der Waals surface area contributed by atoms with Crippen molar-refractivity contribution in [3.8, 4) is 0 Å². The number of H-pyrrole nitrogens is 1. The molecule has 0 unspecified atom stereocenters.